The summed E-state index contributed by atoms with van der Waals surface area (Å²) in [5.74, 6) is -2.20. The van der Waals surface area contributed by atoms with Gasteiger partial charge in [-0.2, -0.15) is 0 Å². The van der Waals surface area contributed by atoms with E-state index in [0.717, 1.165) is 4.90 Å². The summed E-state index contributed by atoms with van der Waals surface area (Å²) in [7, 11) is 0. The first kappa shape index (κ1) is 21.0. The number of amides is 2. The van der Waals surface area contributed by atoms with Crippen LogP contribution in [0.2, 0.25) is 0 Å². The number of halogens is 1. The van der Waals surface area contributed by atoms with E-state index >= 15 is 0 Å². The van der Waals surface area contributed by atoms with Crippen LogP contribution in [0.4, 0.5) is 9.18 Å². The zero-order chi connectivity index (χ0) is 20.4. The number of carboxylic acid groups (broad SMARTS) is 1. The van der Waals surface area contributed by atoms with Gasteiger partial charge in [0.15, 0.2) is 0 Å². The summed E-state index contributed by atoms with van der Waals surface area (Å²) in [6.07, 6.45) is -0.787. The molecule has 0 spiro atoms. The minimum Gasteiger partial charge on any atom is -0.480 e. The minimum absolute atomic E-state index is 0.124. The van der Waals surface area contributed by atoms with E-state index in [4.69, 9.17) is 4.74 Å². The molecule has 3 atom stereocenters. The summed E-state index contributed by atoms with van der Waals surface area (Å²) in [5, 5.41) is 11.1. The van der Waals surface area contributed by atoms with Crippen molar-refractivity contribution >= 4 is 29.7 Å². The predicted octanol–water partition coefficient (Wildman–Crippen LogP) is 2.77. The third-order valence-electron chi connectivity index (χ3n) is 3.81. The van der Waals surface area contributed by atoms with Crippen molar-refractivity contribution in [3.05, 3.63) is 35.6 Å². The maximum absolute atomic E-state index is 14.2. The standard InChI is InChI=1S/C18H23FN2O5S/c1-10(20-17(25)26-18(2,3)4)14(22)21-13(16(23)24)9-27-15(21)11-7-5-6-8-12(11)19/h5-8,10,13,15H,9H2,1-4H3,(H,20,25)(H,23,24)/t10-,13-,15+/m0/s1. The summed E-state index contributed by atoms with van der Waals surface area (Å²) in [5.41, 5.74) is -0.514. The van der Waals surface area contributed by atoms with Gasteiger partial charge in [0, 0.05) is 11.3 Å². The highest BCUT2D eigenvalue weighted by Gasteiger charge is 2.44. The summed E-state index contributed by atoms with van der Waals surface area (Å²) in [6, 6.07) is 3.77. The van der Waals surface area contributed by atoms with E-state index < -0.39 is 46.8 Å². The van der Waals surface area contributed by atoms with Gasteiger partial charge in [0.1, 0.15) is 28.9 Å². The van der Waals surface area contributed by atoms with Gasteiger partial charge >= 0.3 is 12.1 Å². The van der Waals surface area contributed by atoms with Crippen molar-refractivity contribution in [2.75, 3.05) is 5.75 Å². The number of rotatable bonds is 4. The number of nitrogens with zero attached hydrogens (tertiary/aromatic N) is 1. The second-order valence-electron chi connectivity index (χ2n) is 7.17. The van der Waals surface area contributed by atoms with E-state index in [1.807, 2.05) is 0 Å². The Morgan fingerprint density at radius 3 is 2.52 bits per heavy atom. The van der Waals surface area contributed by atoms with Crippen LogP contribution < -0.4 is 5.32 Å². The summed E-state index contributed by atoms with van der Waals surface area (Å²) in [4.78, 5) is 37.6. The lowest BCUT2D eigenvalue weighted by Crippen LogP contribution is -2.52. The van der Waals surface area contributed by atoms with E-state index in [2.05, 4.69) is 5.32 Å². The Balaban J connectivity index is 2.23. The van der Waals surface area contributed by atoms with Crippen molar-refractivity contribution in [2.45, 2.75) is 50.8 Å². The van der Waals surface area contributed by atoms with Crippen LogP contribution in [0.3, 0.4) is 0 Å². The van der Waals surface area contributed by atoms with Gasteiger partial charge in [-0.3, -0.25) is 4.79 Å². The van der Waals surface area contributed by atoms with Gasteiger partial charge < -0.3 is 20.1 Å². The fourth-order valence-electron chi connectivity index (χ4n) is 2.65. The van der Waals surface area contributed by atoms with Crippen LogP contribution in [0.5, 0.6) is 0 Å². The van der Waals surface area contributed by atoms with Crippen LogP contribution >= 0.6 is 11.8 Å². The van der Waals surface area contributed by atoms with Crippen molar-refractivity contribution in [1.29, 1.82) is 0 Å². The Bertz CT molecular complexity index is 737. The summed E-state index contributed by atoms with van der Waals surface area (Å²) >= 11 is 1.17. The fourth-order valence-corrected chi connectivity index (χ4v) is 4.10. The molecule has 1 saturated heterocycles. The normalized spacial score (nSPS) is 20.9. The van der Waals surface area contributed by atoms with Crippen LogP contribution in [0.25, 0.3) is 0 Å². The van der Waals surface area contributed by atoms with E-state index in [0.29, 0.717) is 0 Å². The zero-order valence-corrected chi connectivity index (χ0v) is 16.4. The quantitative estimate of drug-likeness (QED) is 0.810. The molecule has 0 bridgehead atoms. The van der Waals surface area contributed by atoms with Gasteiger partial charge in [-0.25, -0.2) is 14.0 Å². The maximum Gasteiger partial charge on any atom is 0.408 e. The molecule has 1 aromatic carbocycles. The molecule has 1 heterocycles. The monoisotopic (exact) mass is 398 g/mol. The number of carbonyl (C=O) groups is 3. The molecule has 0 radical (unpaired) electrons. The molecule has 0 aliphatic carbocycles. The first-order chi connectivity index (χ1) is 12.5. The molecular formula is C18H23FN2O5S. The highest BCUT2D eigenvalue weighted by molar-refractivity contribution is 7.99. The Hall–Kier alpha value is -2.29. The van der Waals surface area contributed by atoms with Gasteiger partial charge in [0.25, 0.3) is 0 Å². The molecule has 1 aliphatic heterocycles. The smallest absolute Gasteiger partial charge is 0.408 e. The number of carbonyl (C=O) groups excluding carboxylic acids is 2. The van der Waals surface area contributed by atoms with Crippen LogP contribution in [-0.4, -0.2) is 51.4 Å². The molecule has 2 N–H and O–H groups in total. The number of alkyl carbamates (subject to hydrolysis) is 1. The second kappa shape index (κ2) is 8.16. The largest absolute Gasteiger partial charge is 0.480 e. The van der Waals surface area contributed by atoms with Crippen LogP contribution in [0, 0.1) is 5.82 Å². The number of ether oxygens (including phenoxy) is 1. The van der Waals surface area contributed by atoms with Crippen molar-refractivity contribution in [1.82, 2.24) is 10.2 Å². The van der Waals surface area contributed by atoms with Gasteiger partial charge in [-0.15, -0.1) is 11.8 Å². The van der Waals surface area contributed by atoms with Gasteiger partial charge in [0.05, 0.1) is 0 Å². The lowest BCUT2D eigenvalue weighted by Gasteiger charge is -2.30. The van der Waals surface area contributed by atoms with Crippen LogP contribution in [0.1, 0.15) is 38.6 Å². The van der Waals surface area contributed by atoms with Crippen molar-refractivity contribution in [3.8, 4) is 0 Å². The molecule has 1 aromatic rings. The Labute approximate surface area is 161 Å². The van der Waals surface area contributed by atoms with Crippen LogP contribution in [-0.2, 0) is 14.3 Å². The highest BCUT2D eigenvalue weighted by atomic mass is 32.2. The third-order valence-corrected chi connectivity index (χ3v) is 5.12. The molecule has 2 amide bonds. The lowest BCUT2D eigenvalue weighted by molar-refractivity contribution is -0.149. The number of thioether (sulfide) groups is 1. The summed E-state index contributed by atoms with van der Waals surface area (Å²) in [6.45, 7) is 6.49. The molecular weight excluding hydrogens is 375 g/mol. The predicted molar refractivity (Wildman–Crippen MR) is 98.7 cm³/mol. The average Bonchev–Trinajstić information content (AvgIpc) is 2.97. The van der Waals surface area contributed by atoms with E-state index in [1.54, 1.807) is 26.8 Å². The fraction of sp³-hybridized carbons (Fsp3) is 0.500. The zero-order valence-electron chi connectivity index (χ0n) is 15.6. The van der Waals surface area contributed by atoms with Crippen LogP contribution in [0.15, 0.2) is 24.3 Å². The SMILES string of the molecule is C[C@H](NC(=O)OC(C)(C)C)C(=O)N1[C@@H](c2ccccc2F)SC[C@H]1C(=O)O. The minimum atomic E-state index is -1.18. The van der Waals surface area contributed by atoms with E-state index in [1.165, 1.54) is 36.9 Å². The van der Waals surface area contributed by atoms with Crippen molar-refractivity contribution < 1.29 is 28.6 Å². The second-order valence-corrected chi connectivity index (χ2v) is 8.29. The topological polar surface area (TPSA) is 95.9 Å². The average molecular weight is 398 g/mol. The van der Waals surface area contributed by atoms with Crippen molar-refractivity contribution in [3.63, 3.8) is 0 Å². The first-order valence-electron chi connectivity index (χ1n) is 8.42. The molecule has 9 heteroatoms. The molecule has 1 aliphatic rings. The molecule has 1 fully saturated rings. The molecule has 0 saturated carbocycles. The van der Waals surface area contributed by atoms with Crippen molar-refractivity contribution in [2.24, 2.45) is 0 Å². The van der Waals surface area contributed by atoms with Gasteiger partial charge in [-0.05, 0) is 33.8 Å². The number of hydrogen-bond acceptors (Lipinski definition) is 5. The molecule has 27 heavy (non-hydrogen) atoms. The molecule has 0 unspecified atom stereocenters. The number of nitrogens with one attached hydrogen (secondary N) is 1. The third kappa shape index (κ3) is 5.12. The summed E-state index contributed by atoms with van der Waals surface area (Å²) < 4.78 is 19.3. The Morgan fingerprint density at radius 1 is 1.33 bits per heavy atom. The number of benzene rings is 1. The highest BCUT2D eigenvalue weighted by Crippen LogP contribution is 2.42. The lowest BCUT2D eigenvalue weighted by atomic mass is 10.1. The maximum atomic E-state index is 14.2. The molecule has 2 rings (SSSR count). The molecule has 148 valence electrons. The molecule has 7 nitrogen and oxygen atoms in total. The first-order valence-corrected chi connectivity index (χ1v) is 9.46. The Kier molecular flexibility index (Phi) is 6.35. The van der Waals surface area contributed by atoms with Gasteiger partial charge in [0.2, 0.25) is 5.91 Å². The van der Waals surface area contributed by atoms with E-state index in [9.17, 15) is 23.9 Å². The number of hydrogen-bond donors (Lipinski definition) is 2. The number of carboxylic acids is 1. The van der Waals surface area contributed by atoms with E-state index in [-0.39, 0.29) is 11.3 Å². The Morgan fingerprint density at radius 2 is 1.96 bits per heavy atom. The molecule has 0 aromatic heterocycles. The van der Waals surface area contributed by atoms with Gasteiger partial charge in [-0.1, -0.05) is 18.2 Å². The number of aliphatic carboxylic acids is 1.